The second kappa shape index (κ2) is 5.21. The highest BCUT2D eigenvalue weighted by molar-refractivity contribution is 5.36. The van der Waals surface area contributed by atoms with Gasteiger partial charge in [-0.15, -0.1) is 6.58 Å². The standard InChI is InChI=1S/C16H18O/c1-2-11-16(12-6-9-15(16)17)13-10-14-7-4-3-5-8-14/h2-5,7-8,15,17H,1,6,9,11-12H2/t15-,16-/m0/s1. The van der Waals surface area contributed by atoms with Crippen LogP contribution in [-0.2, 0) is 0 Å². The van der Waals surface area contributed by atoms with E-state index in [0.29, 0.717) is 0 Å². The van der Waals surface area contributed by atoms with Crippen molar-refractivity contribution in [3.8, 4) is 11.8 Å². The summed E-state index contributed by atoms with van der Waals surface area (Å²) in [5, 5.41) is 10.1. The number of rotatable bonds is 2. The van der Waals surface area contributed by atoms with Gasteiger partial charge in [0.15, 0.2) is 0 Å². The van der Waals surface area contributed by atoms with E-state index in [1.165, 1.54) is 0 Å². The second-order valence-corrected chi connectivity index (χ2v) is 4.67. The number of hydrogen-bond acceptors (Lipinski definition) is 1. The van der Waals surface area contributed by atoms with Crippen molar-refractivity contribution >= 4 is 0 Å². The smallest absolute Gasteiger partial charge is 0.0708 e. The van der Waals surface area contributed by atoms with E-state index in [0.717, 1.165) is 31.2 Å². The molecule has 0 aliphatic heterocycles. The summed E-state index contributed by atoms with van der Waals surface area (Å²) in [5.74, 6) is 6.48. The van der Waals surface area contributed by atoms with Gasteiger partial charge in [-0.1, -0.05) is 36.1 Å². The van der Waals surface area contributed by atoms with Crippen molar-refractivity contribution in [2.75, 3.05) is 0 Å². The van der Waals surface area contributed by atoms with E-state index in [-0.39, 0.29) is 11.5 Å². The highest BCUT2D eigenvalue weighted by atomic mass is 16.3. The lowest BCUT2D eigenvalue weighted by atomic mass is 9.81. The van der Waals surface area contributed by atoms with Crippen molar-refractivity contribution in [2.24, 2.45) is 5.41 Å². The molecule has 2 rings (SSSR count). The van der Waals surface area contributed by atoms with Crippen LogP contribution >= 0.6 is 0 Å². The minimum atomic E-state index is -0.309. The summed E-state index contributed by atoms with van der Waals surface area (Å²) in [7, 11) is 0. The van der Waals surface area contributed by atoms with E-state index in [1.54, 1.807) is 0 Å². The van der Waals surface area contributed by atoms with E-state index in [2.05, 4.69) is 18.4 Å². The van der Waals surface area contributed by atoms with Gasteiger partial charge in [-0.2, -0.15) is 0 Å². The topological polar surface area (TPSA) is 20.2 Å². The highest BCUT2D eigenvalue weighted by Crippen LogP contribution is 2.41. The fraction of sp³-hybridized carbons (Fsp3) is 0.375. The van der Waals surface area contributed by atoms with Crippen LogP contribution in [0.1, 0.15) is 31.2 Å². The monoisotopic (exact) mass is 226 g/mol. The Balaban J connectivity index is 2.25. The van der Waals surface area contributed by atoms with E-state index in [9.17, 15) is 5.11 Å². The van der Waals surface area contributed by atoms with Gasteiger partial charge in [-0.05, 0) is 37.8 Å². The van der Waals surface area contributed by atoms with Gasteiger partial charge in [-0.25, -0.2) is 0 Å². The molecule has 88 valence electrons. The van der Waals surface area contributed by atoms with Crippen LogP contribution in [0.25, 0.3) is 0 Å². The molecule has 0 spiro atoms. The number of benzene rings is 1. The van der Waals surface area contributed by atoms with Crippen LogP contribution in [0.3, 0.4) is 0 Å². The number of allylic oxidation sites excluding steroid dienone is 1. The Kier molecular flexibility index (Phi) is 3.66. The van der Waals surface area contributed by atoms with Crippen molar-refractivity contribution in [3.05, 3.63) is 48.6 Å². The molecule has 0 amide bonds. The summed E-state index contributed by atoms with van der Waals surface area (Å²) in [5.41, 5.74) is 0.743. The van der Waals surface area contributed by atoms with Gasteiger partial charge in [0, 0.05) is 5.56 Å². The number of hydrogen-bond donors (Lipinski definition) is 1. The zero-order chi connectivity index (χ0) is 12.1. The first-order valence-electron chi connectivity index (χ1n) is 6.14. The van der Waals surface area contributed by atoms with Crippen molar-refractivity contribution < 1.29 is 5.11 Å². The maximum atomic E-state index is 10.1. The van der Waals surface area contributed by atoms with Gasteiger partial charge in [0.1, 0.15) is 0 Å². The molecule has 1 saturated carbocycles. The van der Waals surface area contributed by atoms with Gasteiger partial charge >= 0.3 is 0 Å². The predicted octanol–water partition coefficient (Wildman–Crippen LogP) is 3.15. The van der Waals surface area contributed by atoms with Gasteiger partial charge < -0.3 is 5.11 Å². The summed E-state index contributed by atoms with van der Waals surface area (Å²) in [6, 6.07) is 9.94. The number of aliphatic hydroxyl groups excluding tert-OH is 1. The van der Waals surface area contributed by atoms with Crippen molar-refractivity contribution in [3.63, 3.8) is 0 Å². The summed E-state index contributed by atoms with van der Waals surface area (Å²) in [6.07, 6.45) is 5.22. The van der Waals surface area contributed by atoms with Crippen LogP contribution in [0, 0.1) is 17.3 Å². The third-order valence-corrected chi connectivity index (χ3v) is 3.48. The van der Waals surface area contributed by atoms with Crippen molar-refractivity contribution in [1.82, 2.24) is 0 Å². The summed E-state index contributed by atoms with van der Waals surface area (Å²) < 4.78 is 0. The summed E-state index contributed by atoms with van der Waals surface area (Å²) >= 11 is 0. The van der Waals surface area contributed by atoms with Gasteiger partial charge in [0.2, 0.25) is 0 Å². The minimum absolute atomic E-state index is 0.266. The first-order valence-corrected chi connectivity index (χ1v) is 6.14. The molecule has 0 bridgehead atoms. The molecule has 0 unspecified atom stereocenters. The van der Waals surface area contributed by atoms with Crippen LogP contribution in [0.2, 0.25) is 0 Å². The van der Waals surface area contributed by atoms with Crippen LogP contribution in [-0.4, -0.2) is 11.2 Å². The van der Waals surface area contributed by atoms with E-state index >= 15 is 0 Å². The molecule has 1 aliphatic carbocycles. The van der Waals surface area contributed by atoms with E-state index < -0.39 is 0 Å². The molecule has 1 aromatic rings. The lowest BCUT2D eigenvalue weighted by molar-refractivity contribution is 0.0949. The Hall–Kier alpha value is -1.52. The molecular formula is C16H18O. The predicted molar refractivity (Wildman–Crippen MR) is 70.4 cm³/mol. The van der Waals surface area contributed by atoms with Crippen LogP contribution in [0.15, 0.2) is 43.0 Å². The summed E-state index contributed by atoms with van der Waals surface area (Å²) in [6.45, 7) is 3.78. The Morgan fingerprint density at radius 3 is 2.76 bits per heavy atom. The molecule has 0 saturated heterocycles. The second-order valence-electron chi connectivity index (χ2n) is 4.67. The van der Waals surface area contributed by atoms with Crippen LogP contribution < -0.4 is 0 Å². The molecule has 1 fully saturated rings. The molecule has 1 heteroatoms. The first kappa shape index (κ1) is 12.0. The maximum absolute atomic E-state index is 10.1. The average molecular weight is 226 g/mol. The quantitative estimate of drug-likeness (QED) is 0.606. The van der Waals surface area contributed by atoms with Crippen LogP contribution in [0.5, 0.6) is 0 Å². The largest absolute Gasteiger partial charge is 0.392 e. The lowest BCUT2D eigenvalue weighted by Crippen LogP contribution is -2.27. The minimum Gasteiger partial charge on any atom is -0.392 e. The maximum Gasteiger partial charge on any atom is 0.0708 e. The zero-order valence-electron chi connectivity index (χ0n) is 10.0. The molecule has 2 atom stereocenters. The first-order chi connectivity index (χ1) is 8.27. The van der Waals surface area contributed by atoms with Gasteiger partial charge in [0.25, 0.3) is 0 Å². The molecule has 0 radical (unpaired) electrons. The van der Waals surface area contributed by atoms with Crippen molar-refractivity contribution in [2.45, 2.75) is 31.8 Å². The average Bonchev–Trinajstić information content (AvgIpc) is 2.71. The molecule has 1 N–H and O–H groups in total. The normalized spacial score (nSPS) is 27.2. The third-order valence-electron chi connectivity index (χ3n) is 3.48. The van der Waals surface area contributed by atoms with Gasteiger partial charge in [-0.3, -0.25) is 0 Å². The van der Waals surface area contributed by atoms with Gasteiger partial charge in [0.05, 0.1) is 11.5 Å². The Morgan fingerprint density at radius 1 is 1.41 bits per heavy atom. The molecule has 1 aromatic carbocycles. The summed E-state index contributed by atoms with van der Waals surface area (Å²) in [4.78, 5) is 0. The lowest BCUT2D eigenvalue weighted by Gasteiger charge is -2.25. The Bertz CT molecular complexity index is 438. The zero-order valence-corrected chi connectivity index (χ0v) is 10.0. The van der Waals surface area contributed by atoms with E-state index in [1.807, 2.05) is 36.4 Å². The molecule has 0 heterocycles. The molecule has 1 nitrogen and oxygen atoms in total. The molecule has 1 aliphatic rings. The molecular weight excluding hydrogens is 208 g/mol. The van der Waals surface area contributed by atoms with Crippen LogP contribution in [0.4, 0.5) is 0 Å². The fourth-order valence-corrected chi connectivity index (χ4v) is 2.46. The Labute approximate surface area is 103 Å². The number of aliphatic hydroxyl groups is 1. The highest BCUT2D eigenvalue weighted by Gasteiger charge is 2.39. The fourth-order valence-electron chi connectivity index (χ4n) is 2.46. The van der Waals surface area contributed by atoms with Crippen molar-refractivity contribution in [1.29, 1.82) is 0 Å². The SMILES string of the molecule is C=CC[C@@]1(C#Cc2ccccc2)CCC[C@@H]1O. The van der Waals surface area contributed by atoms with E-state index in [4.69, 9.17) is 0 Å². The molecule has 0 aromatic heterocycles. The third kappa shape index (κ3) is 2.60. The molecule has 17 heavy (non-hydrogen) atoms. The Morgan fingerprint density at radius 2 is 2.18 bits per heavy atom.